The minimum absolute atomic E-state index is 0.376. The van der Waals surface area contributed by atoms with Crippen molar-refractivity contribution in [2.75, 3.05) is 38.7 Å². The van der Waals surface area contributed by atoms with Crippen LogP contribution in [0.15, 0.2) is 18.2 Å². The normalized spacial score (nSPS) is 26.5. The molecule has 136 valence electrons. The predicted molar refractivity (Wildman–Crippen MR) is 95.1 cm³/mol. The second-order valence-corrected chi connectivity index (χ2v) is 7.03. The average molecular weight is 366 g/mol. The molecule has 1 amide bonds. The fourth-order valence-corrected chi connectivity index (χ4v) is 4.89. The van der Waals surface area contributed by atoms with E-state index in [1.165, 1.54) is 19.1 Å². The van der Waals surface area contributed by atoms with Crippen molar-refractivity contribution in [2.45, 2.75) is 24.0 Å². The molecule has 1 aromatic carbocycles. The summed E-state index contributed by atoms with van der Waals surface area (Å²) in [6.07, 6.45) is 1.56. The Hall–Kier alpha value is -2.09. The van der Waals surface area contributed by atoms with E-state index in [4.69, 9.17) is 14.2 Å². The van der Waals surface area contributed by atoms with Gasteiger partial charge in [-0.3, -0.25) is 4.90 Å². The van der Waals surface area contributed by atoms with E-state index >= 15 is 0 Å². The Morgan fingerprint density at radius 2 is 2.08 bits per heavy atom. The predicted octanol–water partition coefficient (Wildman–Crippen LogP) is 2.06. The van der Waals surface area contributed by atoms with Crippen LogP contribution in [0.3, 0.4) is 0 Å². The lowest BCUT2D eigenvalue weighted by Gasteiger charge is -2.31. The van der Waals surface area contributed by atoms with Gasteiger partial charge in [-0.2, -0.15) is 11.8 Å². The van der Waals surface area contributed by atoms with Crippen LogP contribution in [0.25, 0.3) is 0 Å². The molecule has 2 aliphatic heterocycles. The maximum absolute atomic E-state index is 12.4. The molecule has 1 fully saturated rings. The first kappa shape index (κ1) is 17.7. The van der Waals surface area contributed by atoms with E-state index in [0.717, 1.165) is 22.8 Å². The van der Waals surface area contributed by atoms with Crippen molar-refractivity contribution in [3.05, 3.63) is 23.8 Å². The largest absolute Gasteiger partial charge is 0.497 e. The fourth-order valence-electron chi connectivity index (χ4n) is 3.95. The number of amides is 1. The molecule has 0 unspecified atom stereocenters. The number of hydrogen-bond acceptors (Lipinski definition) is 7. The Morgan fingerprint density at radius 1 is 1.32 bits per heavy atom. The van der Waals surface area contributed by atoms with Crippen molar-refractivity contribution in [1.82, 2.24) is 4.90 Å². The first-order valence-corrected chi connectivity index (χ1v) is 9.30. The van der Waals surface area contributed by atoms with Crippen molar-refractivity contribution in [2.24, 2.45) is 0 Å². The van der Waals surface area contributed by atoms with Gasteiger partial charge in [0.2, 0.25) is 0 Å². The maximum Gasteiger partial charge on any atom is 0.411 e. The number of anilines is 1. The number of nitrogens with zero attached hydrogens (tertiary/aromatic N) is 1. The molecule has 25 heavy (non-hydrogen) atoms. The van der Waals surface area contributed by atoms with E-state index in [1.807, 2.05) is 24.5 Å². The Kier molecular flexibility index (Phi) is 4.73. The molecule has 0 aliphatic carbocycles. The smallest absolute Gasteiger partial charge is 0.411 e. The maximum atomic E-state index is 12.4. The van der Waals surface area contributed by atoms with E-state index < -0.39 is 23.5 Å². The Bertz CT molecular complexity index is 698. The first-order chi connectivity index (χ1) is 12.0. The first-order valence-electron chi connectivity index (χ1n) is 7.90. The van der Waals surface area contributed by atoms with Gasteiger partial charge >= 0.3 is 12.1 Å². The SMILES string of the molecule is COC(=O)[C@@H]1C[C@]2(CSC)c3cc(OC)ccc3N[C@@H]2N1C(=O)OC. The van der Waals surface area contributed by atoms with Gasteiger partial charge in [-0.25, -0.2) is 9.59 Å². The molecule has 3 atom stereocenters. The van der Waals surface area contributed by atoms with Crippen LogP contribution in [0.1, 0.15) is 12.0 Å². The lowest BCUT2D eigenvalue weighted by atomic mass is 9.80. The lowest BCUT2D eigenvalue weighted by Crippen LogP contribution is -2.50. The summed E-state index contributed by atoms with van der Waals surface area (Å²) in [6, 6.07) is 5.10. The number of fused-ring (bicyclic) bond motifs is 3. The lowest BCUT2D eigenvalue weighted by molar-refractivity contribution is -0.145. The number of carbonyl (C=O) groups excluding carboxylic acids is 2. The number of rotatable bonds is 4. The highest BCUT2D eigenvalue weighted by Gasteiger charge is 2.61. The Balaban J connectivity index is 2.12. The van der Waals surface area contributed by atoms with Crippen molar-refractivity contribution >= 4 is 29.5 Å². The summed E-state index contributed by atoms with van der Waals surface area (Å²) in [5, 5.41) is 3.40. The Labute approximate surface area is 151 Å². The summed E-state index contributed by atoms with van der Waals surface area (Å²) in [5.41, 5.74) is 1.57. The van der Waals surface area contributed by atoms with Crippen LogP contribution in [0, 0.1) is 0 Å². The molecule has 0 spiro atoms. The van der Waals surface area contributed by atoms with Gasteiger partial charge in [0, 0.05) is 16.9 Å². The number of likely N-dealkylation sites (tertiary alicyclic amines) is 1. The van der Waals surface area contributed by atoms with Crippen molar-refractivity contribution in [1.29, 1.82) is 0 Å². The van der Waals surface area contributed by atoms with Crippen molar-refractivity contribution in [3.63, 3.8) is 0 Å². The molecule has 1 N–H and O–H groups in total. The minimum Gasteiger partial charge on any atom is -0.497 e. The molecule has 1 saturated heterocycles. The molecule has 3 rings (SSSR count). The van der Waals surface area contributed by atoms with Crippen LogP contribution >= 0.6 is 11.8 Å². The quantitative estimate of drug-likeness (QED) is 0.817. The molecule has 7 nitrogen and oxygen atoms in total. The second kappa shape index (κ2) is 6.67. The third-order valence-corrected chi connectivity index (χ3v) is 5.81. The third-order valence-electron chi connectivity index (χ3n) is 5.01. The van der Waals surface area contributed by atoms with E-state index in [9.17, 15) is 9.59 Å². The molecule has 0 radical (unpaired) electrons. The van der Waals surface area contributed by atoms with Gasteiger partial charge in [0.05, 0.1) is 21.3 Å². The molecule has 8 heteroatoms. The summed E-state index contributed by atoms with van der Waals surface area (Å²) >= 11 is 1.67. The number of methoxy groups -OCH3 is 3. The topological polar surface area (TPSA) is 77.1 Å². The molecule has 0 bridgehead atoms. The molecule has 0 saturated carbocycles. The summed E-state index contributed by atoms with van der Waals surface area (Å²) in [5.74, 6) is 1.05. The third kappa shape index (κ3) is 2.59. The van der Waals surface area contributed by atoms with Crippen molar-refractivity contribution in [3.8, 4) is 5.75 Å². The van der Waals surface area contributed by atoms with Gasteiger partial charge < -0.3 is 19.5 Å². The van der Waals surface area contributed by atoms with Gasteiger partial charge in [-0.05, 0) is 36.4 Å². The summed E-state index contributed by atoms with van der Waals surface area (Å²) in [7, 11) is 4.27. The van der Waals surface area contributed by atoms with Crippen molar-refractivity contribution < 1.29 is 23.8 Å². The van der Waals surface area contributed by atoms with Crippen LogP contribution in [0.5, 0.6) is 5.75 Å². The van der Waals surface area contributed by atoms with Crippen LogP contribution < -0.4 is 10.1 Å². The zero-order valence-electron chi connectivity index (χ0n) is 14.7. The molecule has 2 aliphatic rings. The number of benzene rings is 1. The van der Waals surface area contributed by atoms with E-state index in [1.54, 1.807) is 18.9 Å². The molecular weight excluding hydrogens is 344 g/mol. The summed E-state index contributed by atoms with van der Waals surface area (Å²) in [6.45, 7) is 0. The Morgan fingerprint density at radius 3 is 2.68 bits per heavy atom. The number of carbonyl (C=O) groups is 2. The van der Waals surface area contributed by atoms with E-state index in [-0.39, 0.29) is 6.17 Å². The van der Waals surface area contributed by atoms with Gasteiger partial charge in [-0.1, -0.05) is 0 Å². The molecular formula is C17H22N2O5S. The number of esters is 1. The number of nitrogens with one attached hydrogen (secondary N) is 1. The minimum atomic E-state index is -0.693. The zero-order chi connectivity index (χ0) is 18.2. The molecule has 2 heterocycles. The highest BCUT2D eigenvalue weighted by molar-refractivity contribution is 7.98. The van der Waals surface area contributed by atoms with E-state index in [0.29, 0.717) is 6.42 Å². The van der Waals surface area contributed by atoms with E-state index in [2.05, 4.69) is 5.32 Å². The number of thioether (sulfide) groups is 1. The monoisotopic (exact) mass is 366 g/mol. The number of ether oxygens (including phenoxy) is 3. The van der Waals surface area contributed by atoms with Crippen LogP contribution in [-0.2, 0) is 19.7 Å². The van der Waals surface area contributed by atoms with Crippen LogP contribution in [-0.4, -0.2) is 62.5 Å². The second-order valence-electron chi connectivity index (χ2n) is 6.17. The molecule has 0 aromatic heterocycles. The summed E-state index contributed by atoms with van der Waals surface area (Å²) in [4.78, 5) is 26.2. The van der Waals surface area contributed by atoms with Crippen LogP contribution in [0.4, 0.5) is 10.5 Å². The zero-order valence-corrected chi connectivity index (χ0v) is 15.5. The number of hydrogen-bond donors (Lipinski definition) is 1. The standard InChI is InChI=1S/C17H22N2O5S/c1-22-10-5-6-12-11(7-10)17(9-25-4)8-13(14(20)23-2)19(15(17)18-12)16(21)24-3/h5-7,13,15,18H,8-9H2,1-4H3/t13-,15+,17-/m0/s1. The van der Waals surface area contributed by atoms with Gasteiger partial charge in [0.25, 0.3) is 0 Å². The van der Waals surface area contributed by atoms with Gasteiger partial charge in [0.1, 0.15) is 18.0 Å². The fraction of sp³-hybridized carbons (Fsp3) is 0.529. The highest BCUT2D eigenvalue weighted by Crippen LogP contribution is 2.53. The average Bonchev–Trinajstić information content (AvgIpc) is 3.11. The summed E-state index contributed by atoms with van der Waals surface area (Å²) < 4.78 is 15.2. The molecule has 1 aromatic rings. The highest BCUT2D eigenvalue weighted by atomic mass is 32.2. The van der Waals surface area contributed by atoms with Gasteiger partial charge in [-0.15, -0.1) is 0 Å². The van der Waals surface area contributed by atoms with Crippen LogP contribution in [0.2, 0.25) is 0 Å². The van der Waals surface area contributed by atoms with Gasteiger partial charge in [0.15, 0.2) is 0 Å².